The first-order valence-electron chi connectivity index (χ1n) is 5.31. The standard InChI is InChI=1S/C12H14N2OS/c1-10-2-3-11(9-13)12(8-10)14-4-6-16(15)7-5-14/h2-3,8H,4-7H2,1H3. The summed E-state index contributed by atoms with van der Waals surface area (Å²) in [4.78, 5) is 2.16. The largest absolute Gasteiger partial charge is 0.369 e. The predicted octanol–water partition coefficient (Wildman–Crippen LogP) is 1.44. The van der Waals surface area contributed by atoms with Crippen molar-refractivity contribution in [1.29, 1.82) is 5.26 Å². The lowest BCUT2D eigenvalue weighted by Gasteiger charge is -2.29. The third-order valence-electron chi connectivity index (χ3n) is 2.79. The molecule has 0 atom stereocenters. The lowest BCUT2D eigenvalue weighted by atomic mass is 10.1. The van der Waals surface area contributed by atoms with E-state index in [0.29, 0.717) is 17.1 Å². The molecule has 16 heavy (non-hydrogen) atoms. The maximum Gasteiger partial charge on any atom is 0.101 e. The van der Waals surface area contributed by atoms with Crippen LogP contribution in [-0.4, -0.2) is 28.8 Å². The van der Waals surface area contributed by atoms with Crippen LogP contribution in [0.4, 0.5) is 5.69 Å². The van der Waals surface area contributed by atoms with E-state index in [2.05, 4.69) is 11.0 Å². The summed E-state index contributed by atoms with van der Waals surface area (Å²) >= 11 is 0. The average molecular weight is 234 g/mol. The van der Waals surface area contributed by atoms with Crippen LogP contribution >= 0.6 is 0 Å². The van der Waals surface area contributed by atoms with Crippen LogP contribution in [0, 0.1) is 18.3 Å². The zero-order valence-electron chi connectivity index (χ0n) is 9.27. The predicted molar refractivity (Wildman–Crippen MR) is 66.0 cm³/mol. The summed E-state index contributed by atoms with van der Waals surface area (Å²) in [7, 11) is -0.673. The molecule has 1 aliphatic rings. The van der Waals surface area contributed by atoms with Gasteiger partial charge in [0.05, 0.1) is 11.3 Å². The van der Waals surface area contributed by atoms with Crippen molar-refractivity contribution >= 4 is 16.5 Å². The Kier molecular flexibility index (Phi) is 3.25. The summed E-state index contributed by atoms with van der Waals surface area (Å²) < 4.78 is 11.3. The minimum absolute atomic E-state index is 0.673. The highest BCUT2D eigenvalue weighted by Gasteiger charge is 2.17. The van der Waals surface area contributed by atoms with Gasteiger partial charge in [0, 0.05) is 35.4 Å². The first kappa shape index (κ1) is 11.2. The molecule has 0 amide bonds. The lowest BCUT2D eigenvalue weighted by molar-refractivity contribution is 0.673. The van der Waals surface area contributed by atoms with Gasteiger partial charge in [0.2, 0.25) is 0 Å². The Labute approximate surface area is 98.1 Å². The first-order valence-corrected chi connectivity index (χ1v) is 6.80. The fourth-order valence-corrected chi connectivity index (χ4v) is 2.93. The molecule has 0 aliphatic carbocycles. The molecule has 0 radical (unpaired) electrons. The maximum atomic E-state index is 11.3. The Hall–Kier alpha value is -1.34. The number of nitriles is 1. The van der Waals surface area contributed by atoms with Crippen LogP contribution in [0.2, 0.25) is 0 Å². The summed E-state index contributed by atoms with van der Waals surface area (Å²) in [5.41, 5.74) is 2.85. The fraction of sp³-hybridized carbons (Fsp3) is 0.417. The molecular formula is C12H14N2OS. The molecule has 2 rings (SSSR count). The van der Waals surface area contributed by atoms with Crippen LogP contribution in [0.25, 0.3) is 0 Å². The van der Waals surface area contributed by atoms with E-state index in [1.165, 1.54) is 0 Å². The van der Waals surface area contributed by atoms with Gasteiger partial charge >= 0.3 is 0 Å². The molecule has 0 unspecified atom stereocenters. The minimum atomic E-state index is -0.673. The van der Waals surface area contributed by atoms with Crippen molar-refractivity contribution < 1.29 is 4.21 Å². The second kappa shape index (κ2) is 4.67. The van der Waals surface area contributed by atoms with Gasteiger partial charge in [-0.05, 0) is 24.6 Å². The van der Waals surface area contributed by atoms with Crippen molar-refractivity contribution in [2.45, 2.75) is 6.92 Å². The number of aryl methyl sites for hydroxylation is 1. The zero-order chi connectivity index (χ0) is 11.5. The summed E-state index contributed by atoms with van der Waals surface area (Å²) in [6.45, 7) is 3.59. The highest BCUT2D eigenvalue weighted by molar-refractivity contribution is 7.85. The van der Waals surface area contributed by atoms with E-state index in [9.17, 15) is 4.21 Å². The molecule has 0 bridgehead atoms. The molecule has 1 aromatic rings. The van der Waals surface area contributed by atoms with Gasteiger partial charge in [-0.25, -0.2) is 0 Å². The molecular weight excluding hydrogens is 220 g/mol. The molecule has 1 fully saturated rings. The Morgan fingerprint density at radius 2 is 2.06 bits per heavy atom. The number of nitrogens with zero attached hydrogens (tertiary/aromatic N) is 2. The smallest absolute Gasteiger partial charge is 0.101 e. The molecule has 0 N–H and O–H groups in total. The quantitative estimate of drug-likeness (QED) is 0.738. The molecule has 0 saturated carbocycles. The van der Waals surface area contributed by atoms with Crippen LogP contribution in [-0.2, 0) is 10.8 Å². The SMILES string of the molecule is Cc1ccc(C#N)c(N2CCS(=O)CC2)c1. The van der Waals surface area contributed by atoms with Crippen LogP contribution in [0.15, 0.2) is 18.2 Å². The monoisotopic (exact) mass is 234 g/mol. The number of benzene rings is 1. The topological polar surface area (TPSA) is 44.1 Å². The van der Waals surface area contributed by atoms with E-state index in [0.717, 1.165) is 24.3 Å². The van der Waals surface area contributed by atoms with Crippen LogP contribution in [0.1, 0.15) is 11.1 Å². The molecule has 0 spiro atoms. The van der Waals surface area contributed by atoms with E-state index in [1.807, 2.05) is 25.1 Å². The summed E-state index contributed by atoms with van der Waals surface area (Å²) in [5, 5.41) is 9.06. The van der Waals surface area contributed by atoms with Crippen molar-refractivity contribution in [3.63, 3.8) is 0 Å². The normalized spacial score (nSPS) is 17.1. The van der Waals surface area contributed by atoms with E-state index < -0.39 is 10.8 Å². The van der Waals surface area contributed by atoms with Crippen molar-refractivity contribution in [2.75, 3.05) is 29.5 Å². The van der Waals surface area contributed by atoms with E-state index in [4.69, 9.17) is 5.26 Å². The molecule has 1 heterocycles. The van der Waals surface area contributed by atoms with Crippen molar-refractivity contribution in [1.82, 2.24) is 0 Å². The highest BCUT2D eigenvalue weighted by Crippen LogP contribution is 2.22. The highest BCUT2D eigenvalue weighted by atomic mass is 32.2. The van der Waals surface area contributed by atoms with Gasteiger partial charge in [-0.1, -0.05) is 6.07 Å². The molecule has 1 saturated heterocycles. The third-order valence-corrected chi connectivity index (χ3v) is 4.07. The Morgan fingerprint density at radius 1 is 1.38 bits per heavy atom. The molecule has 3 nitrogen and oxygen atoms in total. The van der Waals surface area contributed by atoms with Crippen molar-refractivity contribution in [3.8, 4) is 6.07 Å². The zero-order valence-corrected chi connectivity index (χ0v) is 10.1. The second-order valence-corrected chi connectivity index (χ2v) is 5.66. The fourth-order valence-electron chi connectivity index (χ4n) is 1.88. The van der Waals surface area contributed by atoms with Crippen LogP contribution in [0.3, 0.4) is 0 Å². The molecule has 84 valence electrons. The van der Waals surface area contributed by atoms with Crippen molar-refractivity contribution in [2.24, 2.45) is 0 Å². The van der Waals surface area contributed by atoms with Gasteiger partial charge in [-0.15, -0.1) is 0 Å². The summed E-state index contributed by atoms with van der Waals surface area (Å²) in [5.74, 6) is 1.41. The minimum Gasteiger partial charge on any atom is -0.369 e. The van der Waals surface area contributed by atoms with Gasteiger partial charge in [-0.3, -0.25) is 4.21 Å². The van der Waals surface area contributed by atoms with Gasteiger partial charge < -0.3 is 4.90 Å². The Morgan fingerprint density at radius 3 is 2.69 bits per heavy atom. The van der Waals surface area contributed by atoms with E-state index >= 15 is 0 Å². The molecule has 0 aromatic heterocycles. The van der Waals surface area contributed by atoms with E-state index in [1.54, 1.807) is 0 Å². The third kappa shape index (κ3) is 2.25. The Bertz CT molecular complexity index is 455. The number of hydrogen-bond donors (Lipinski definition) is 0. The number of rotatable bonds is 1. The maximum absolute atomic E-state index is 11.3. The number of anilines is 1. The van der Waals surface area contributed by atoms with Crippen LogP contribution < -0.4 is 4.90 Å². The van der Waals surface area contributed by atoms with Crippen LogP contribution in [0.5, 0.6) is 0 Å². The Balaban J connectivity index is 2.29. The summed E-state index contributed by atoms with van der Waals surface area (Å²) in [6.07, 6.45) is 0. The van der Waals surface area contributed by atoms with Gasteiger partial charge in [0.25, 0.3) is 0 Å². The van der Waals surface area contributed by atoms with E-state index in [-0.39, 0.29) is 0 Å². The van der Waals surface area contributed by atoms with Gasteiger partial charge in [0.15, 0.2) is 0 Å². The average Bonchev–Trinajstić information content (AvgIpc) is 2.30. The molecule has 1 aromatic carbocycles. The lowest BCUT2D eigenvalue weighted by Crippen LogP contribution is -2.38. The summed E-state index contributed by atoms with van der Waals surface area (Å²) in [6, 6.07) is 8.05. The number of hydrogen-bond acceptors (Lipinski definition) is 3. The van der Waals surface area contributed by atoms with Crippen molar-refractivity contribution in [3.05, 3.63) is 29.3 Å². The van der Waals surface area contributed by atoms with Gasteiger partial charge in [-0.2, -0.15) is 5.26 Å². The second-order valence-electron chi connectivity index (χ2n) is 3.97. The molecule has 4 heteroatoms. The first-order chi connectivity index (χ1) is 7.70. The molecule has 1 aliphatic heterocycles. The van der Waals surface area contributed by atoms with Gasteiger partial charge in [0.1, 0.15) is 6.07 Å².